The summed E-state index contributed by atoms with van der Waals surface area (Å²) in [6.45, 7) is 13.8. The zero-order valence-corrected chi connectivity index (χ0v) is 12.5. The van der Waals surface area contributed by atoms with Gasteiger partial charge in [0, 0.05) is 19.3 Å². The summed E-state index contributed by atoms with van der Waals surface area (Å²) in [4.78, 5) is 11.7. The summed E-state index contributed by atoms with van der Waals surface area (Å²) in [6.07, 6.45) is -0.558. The predicted molar refractivity (Wildman–Crippen MR) is 69.9 cm³/mol. The van der Waals surface area contributed by atoms with Gasteiger partial charge in [0.1, 0.15) is 6.10 Å². The zero-order chi connectivity index (χ0) is 13.5. The van der Waals surface area contributed by atoms with E-state index in [0.717, 1.165) is 0 Å². The lowest BCUT2D eigenvalue weighted by Gasteiger charge is -2.30. The minimum atomic E-state index is -2.70. The van der Waals surface area contributed by atoms with Crippen LogP contribution in [0.15, 0.2) is 12.2 Å². The van der Waals surface area contributed by atoms with Gasteiger partial charge in [0.25, 0.3) is 0 Å². The SMILES string of the molecule is C=C(C)C(=O)C(C)O[Si](CC)(OCC)OCC. The summed E-state index contributed by atoms with van der Waals surface area (Å²) in [5, 5.41) is 0. The summed E-state index contributed by atoms with van der Waals surface area (Å²) in [5.74, 6) is -0.102. The fourth-order valence-electron chi connectivity index (χ4n) is 1.51. The van der Waals surface area contributed by atoms with Crippen LogP contribution in [0.3, 0.4) is 0 Å². The highest BCUT2D eigenvalue weighted by molar-refractivity contribution is 6.60. The van der Waals surface area contributed by atoms with E-state index < -0.39 is 14.9 Å². The van der Waals surface area contributed by atoms with Crippen molar-refractivity contribution in [3.63, 3.8) is 0 Å². The van der Waals surface area contributed by atoms with Crippen LogP contribution in [-0.4, -0.2) is 33.9 Å². The van der Waals surface area contributed by atoms with E-state index in [0.29, 0.717) is 24.8 Å². The van der Waals surface area contributed by atoms with Crippen LogP contribution in [0.2, 0.25) is 6.04 Å². The van der Waals surface area contributed by atoms with Gasteiger partial charge in [0.15, 0.2) is 5.78 Å². The van der Waals surface area contributed by atoms with Crippen LogP contribution in [0.4, 0.5) is 0 Å². The average Bonchev–Trinajstić information content (AvgIpc) is 2.28. The van der Waals surface area contributed by atoms with Gasteiger partial charge in [-0.2, -0.15) is 0 Å². The second-order valence-electron chi connectivity index (χ2n) is 3.81. The van der Waals surface area contributed by atoms with Gasteiger partial charge >= 0.3 is 8.80 Å². The normalized spacial score (nSPS) is 13.5. The quantitative estimate of drug-likeness (QED) is 0.472. The number of Topliss-reactive ketones (excluding diaryl/α,β-unsaturated/α-hetero) is 1. The van der Waals surface area contributed by atoms with Gasteiger partial charge in [-0.1, -0.05) is 13.5 Å². The molecule has 0 aliphatic heterocycles. The van der Waals surface area contributed by atoms with Crippen LogP contribution in [0, 0.1) is 0 Å². The lowest BCUT2D eigenvalue weighted by atomic mass is 10.1. The Morgan fingerprint density at radius 2 is 1.71 bits per heavy atom. The largest absolute Gasteiger partial charge is 0.501 e. The average molecular weight is 260 g/mol. The number of ketones is 1. The number of carbonyl (C=O) groups excluding carboxylic acids is 1. The topological polar surface area (TPSA) is 44.8 Å². The Bertz CT molecular complexity index is 259. The molecule has 0 amide bonds. The highest BCUT2D eigenvalue weighted by atomic mass is 28.4. The van der Waals surface area contributed by atoms with Crippen molar-refractivity contribution in [2.75, 3.05) is 13.2 Å². The first-order valence-electron chi connectivity index (χ1n) is 6.07. The maximum Gasteiger partial charge on any atom is 0.501 e. The van der Waals surface area contributed by atoms with Crippen molar-refractivity contribution in [2.45, 2.75) is 46.8 Å². The van der Waals surface area contributed by atoms with E-state index in [2.05, 4.69) is 6.58 Å². The highest BCUT2D eigenvalue weighted by Crippen LogP contribution is 2.18. The van der Waals surface area contributed by atoms with E-state index in [4.69, 9.17) is 13.3 Å². The summed E-state index contributed by atoms with van der Waals surface area (Å²) in [7, 11) is -2.70. The third kappa shape index (κ3) is 5.12. The molecule has 1 unspecified atom stereocenters. The molecule has 0 N–H and O–H groups in total. The number of carbonyl (C=O) groups is 1. The molecular formula is C12H24O4Si. The van der Waals surface area contributed by atoms with Crippen LogP contribution < -0.4 is 0 Å². The molecule has 0 radical (unpaired) electrons. The molecule has 0 aliphatic rings. The van der Waals surface area contributed by atoms with Crippen LogP contribution in [0.5, 0.6) is 0 Å². The molecular weight excluding hydrogens is 236 g/mol. The molecule has 0 spiro atoms. The summed E-state index contributed by atoms with van der Waals surface area (Å²) < 4.78 is 17.0. The van der Waals surface area contributed by atoms with Crippen LogP contribution in [0.1, 0.15) is 34.6 Å². The molecule has 0 aliphatic carbocycles. The number of hydrogen-bond acceptors (Lipinski definition) is 4. The van der Waals surface area contributed by atoms with Crippen LogP contribution in [0.25, 0.3) is 0 Å². The van der Waals surface area contributed by atoms with Crippen LogP contribution >= 0.6 is 0 Å². The molecule has 0 bridgehead atoms. The molecule has 0 aromatic rings. The predicted octanol–water partition coefficient (Wildman–Crippen LogP) is 2.57. The minimum absolute atomic E-state index is 0.102. The molecule has 0 saturated heterocycles. The Hall–Kier alpha value is -0.493. The lowest BCUT2D eigenvalue weighted by molar-refractivity contribution is -0.123. The van der Waals surface area contributed by atoms with Gasteiger partial charge < -0.3 is 13.3 Å². The van der Waals surface area contributed by atoms with Crippen molar-refractivity contribution in [1.82, 2.24) is 0 Å². The maximum atomic E-state index is 11.7. The fourth-order valence-corrected chi connectivity index (χ4v) is 3.83. The van der Waals surface area contributed by atoms with Gasteiger partial charge in [-0.25, -0.2) is 0 Å². The van der Waals surface area contributed by atoms with Gasteiger partial charge in [-0.05, 0) is 33.3 Å². The van der Waals surface area contributed by atoms with E-state index in [1.54, 1.807) is 13.8 Å². The molecule has 0 saturated carbocycles. The fraction of sp³-hybridized carbons (Fsp3) is 0.750. The summed E-state index contributed by atoms with van der Waals surface area (Å²) in [5.41, 5.74) is 0.490. The smallest absolute Gasteiger partial charge is 0.374 e. The van der Waals surface area contributed by atoms with E-state index in [1.807, 2.05) is 20.8 Å². The Balaban J connectivity index is 4.72. The second-order valence-corrected chi connectivity index (χ2v) is 6.69. The van der Waals surface area contributed by atoms with Crippen molar-refractivity contribution >= 4 is 14.6 Å². The zero-order valence-electron chi connectivity index (χ0n) is 11.5. The summed E-state index contributed by atoms with van der Waals surface area (Å²) >= 11 is 0. The second kappa shape index (κ2) is 7.76. The molecule has 0 aromatic heterocycles. The molecule has 0 fully saturated rings. The molecule has 0 aromatic carbocycles. The molecule has 5 heteroatoms. The number of hydrogen-bond donors (Lipinski definition) is 0. The third-order valence-electron chi connectivity index (χ3n) is 2.31. The van der Waals surface area contributed by atoms with E-state index in [-0.39, 0.29) is 5.78 Å². The van der Waals surface area contributed by atoms with Crippen LogP contribution in [-0.2, 0) is 18.1 Å². The molecule has 100 valence electrons. The standard InChI is InChI=1S/C12H24O4Si/c1-7-14-17(9-3,15-8-2)16-11(6)12(13)10(4)5/h11H,4,7-9H2,1-3,5-6H3. The first-order valence-corrected chi connectivity index (χ1v) is 8.01. The lowest BCUT2D eigenvalue weighted by Crippen LogP contribution is -2.49. The third-order valence-corrected chi connectivity index (χ3v) is 5.34. The minimum Gasteiger partial charge on any atom is -0.374 e. The first kappa shape index (κ1) is 16.5. The molecule has 0 heterocycles. The Kier molecular flexibility index (Phi) is 7.54. The van der Waals surface area contributed by atoms with E-state index in [9.17, 15) is 4.79 Å². The van der Waals surface area contributed by atoms with Gasteiger partial charge in [0.05, 0.1) is 0 Å². The monoisotopic (exact) mass is 260 g/mol. The van der Waals surface area contributed by atoms with Crippen molar-refractivity contribution in [2.24, 2.45) is 0 Å². The highest BCUT2D eigenvalue weighted by Gasteiger charge is 2.41. The Labute approximate surface area is 105 Å². The van der Waals surface area contributed by atoms with Gasteiger partial charge in [0.2, 0.25) is 0 Å². The van der Waals surface area contributed by atoms with Crippen molar-refractivity contribution in [1.29, 1.82) is 0 Å². The van der Waals surface area contributed by atoms with E-state index in [1.165, 1.54) is 0 Å². The van der Waals surface area contributed by atoms with Gasteiger partial charge in [-0.3, -0.25) is 4.79 Å². The molecule has 1 atom stereocenters. The van der Waals surface area contributed by atoms with Crippen molar-refractivity contribution in [3.05, 3.63) is 12.2 Å². The van der Waals surface area contributed by atoms with E-state index >= 15 is 0 Å². The van der Waals surface area contributed by atoms with Gasteiger partial charge in [-0.15, -0.1) is 0 Å². The molecule has 0 rings (SSSR count). The number of rotatable bonds is 9. The van der Waals surface area contributed by atoms with Crippen molar-refractivity contribution in [3.8, 4) is 0 Å². The summed E-state index contributed by atoms with van der Waals surface area (Å²) in [6, 6.07) is 0.655. The Morgan fingerprint density at radius 1 is 1.24 bits per heavy atom. The Morgan fingerprint density at radius 3 is 2.00 bits per heavy atom. The van der Waals surface area contributed by atoms with Crippen molar-refractivity contribution < 1.29 is 18.1 Å². The maximum absolute atomic E-state index is 11.7. The molecule has 17 heavy (non-hydrogen) atoms. The first-order chi connectivity index (χ1) is 7.92. The molecule has 4 nitrogen and oxygen atoms in total.